The predicted octanol–water partition coefficient (Wildman–Crippen LogP) is 11.9. The number of aromatic nitrogens is 1. The Morgan fingerprint density at radius 3 is 2.14 bits per heavy atom. The number of anilines is 2. The molecule has 2 atom stereocenters. The Hall–Kier alpha value is -4.43. The van der Waals surface area contributed by atoms with Crippen LogP contribution in [-0.4, -0.2) is 53.6 Å². The fourth-order valence-corrected chi connectivity index (χ4v) is 11.3. The number of hydrogen-bond donors (Lipinski definition) is 0. The third-order valence-corrected chi connectivity index (χ3v) is 13.8. The van der Waals surface area contributed by atoms with Crippen LogP contribution in [0.5, 0.6) is 0 Å². The molecule has 0 saturated carbocycles. The molecule has 4 aromatic carbocycles. The van der Waals surface area contributed by atoms with Gasteiger partial charge in [0.1, 0.15) is 0 Å². The molecule has 0 amide bonds. The summed E-state index contributed by atoms with van der Waals surface area (Å²) in [4.78, 5) is 5.06. The summed E-state index contributed by atoms with van der Waals surface area (Å²) in [5.74, 6) is 0. The third-order valence-electron chi connectivity index (χ3n) is 12.8. The van der Waals surface area contributed by atoms with E-state index in [0.29, 0.717) is 17.7 Å². The van der Waals surface area contributed by atoms with E-state index in [1.54, 1.807) is 0 Å². The fraction of sp³-hybridized carbons (Fsp3) is 0.396. The zero-order valence-electron chi connectivity index (χ0n) is 33.5. The van der Waals surface area contributed by atoms with Crippen LogP contribution in [0, 0.1) is 0 Å². The van der Waals surface area contributed by atoms with Gasteiger partial charge in [-0.3, -0.25) is 0 Å². The first-order valence-corrected chi connectivity index (χ1v) is 21.4. The zero-order valence-corrected chi connectivity index (χ0v) is 34.3. The molecule has 56 heavy (non-hydrogen) atoms. The van der Waals surface area contributed by atoms with Gasteiger partial charge in [0.2, 0.25) is 11.4 Å². The van der Waals surface area contributed by atoms with Gasteiger partial charge >= 0.3 is 5.51 Å². The van der Waals surface area contributed by atoms with Crippen molar-refractivity contribution in [1.29, 1.82) is 0 Å². The summed E-state index contributed by atoms with van der Waals surface area (Å²) in [6.45, 7) is 11.0. The Morgan fingerprint density at radius 1 is 0.786 bits per heavy atom. The molecule has 4 aliphatic rings. The number of hydrogen-bond acceptors (Lipinski definition) is 3. The van der Waals surface area contributed by atoms with Gasteiger partial charge < -0.3 is 14.4 Å². The van der Waals surface area contributed by atoms with E-state index in [1.165, 1.54) is 55.3 Å². The minimum Gasteiger partial charge on any atom is -0.374 e. The largest absolute Gasteiger partial charge is 0.446 e. The third kappa shape index (κ3) is 6.00. The van der Waals surface area contributed by atoms with Gasteiger partial charge in [-0.2, -0.15) is 17.7 Å². The van der Waals surface area contributed by atoms with Gasteiger partial charge in [-0.1, -0.05) is 62.8 Å². The van der Waals surface area contributed by atoms with Crippen LogP contribution in [0.2, 0.25) is 0 Å². The maximum Gasteiger partial charge on any atom is 0.446 e. The highest BCUT2D eigenvalue weighted by atomic mass is 32.2. The molecule has 1 aliphatic carbocycles. The standard InChI is InChI=1S/C48H52F3N4S/c1-7-11-29(3)54-39(35-13-9-15-37-43(35)41(54)27-33-23-25-52(5)45(33)37)21-19-31-17-18-32(47(31)56-48(49,50)51)20-22-40-36-14-10-16-38-44(36)42(55(40)30(4)12-8-2)28-34-24-26-53(6)46(34)38/h9-10,13-16,19-22,27-30H,7-8,11-12,17-18,23-26H2,1-6H3/q+1. The van der Waals surface area contributed by atoms with Gasteiger partial charge in [0.05, 0.1) is 16.5 Å². The predicted molar refractivity (Wildman–Crippen MR) is 232 cm³/mol. The van der Waals surface area contributed by atoms with Crippen molar-refractivity contribution in [2.45, 2.75) is 96.7 Å². The van der Waals surface area contributed by atoms with E-state index in [1.807, 2.05) is 12.2 Å². The number of halogens is 3. The van der Waals surface area contributed by atoms with Crippen molar-refractivity contribution in [3.63, 3.8) is 0 Å². The summed E-state index contributed by atoms with van der Waals surface area (Å²) in [5.41, 5.74) is 7.19. The second kappa shape index (κ2) is 14.2. The lowest BCUT2D eigenvalue weighted by molar-refractivity contribution is -0.476. The summed E-state index contributed by atoms with van der Waals surface area (Å²) in [7, 11) is 4.34. The number of rotatable bonds is 10. The van der Waals surface area contributed by atoms with Crippen LogP contribution in [0.1, 0.15) is 89.0 Å². The van der Waals surface area contributed by atoms with Crippen LogP contribution in [0.15, 0.2) is 82.8 Å². The summed E-state index contributed by atoms with van der Waals surface area (Å²) >= 11 is 0.0522. The first-order chi connectivity index (χ1) is 27.0. The highest BCUT2D eigenvalue weighted by molar-refractivity contribution is 8.04. The first kappa shape index (κ1) is 37.2. The van der Waals surface area contributed by atoms with Gasteiger partial charge in [0, 0.05) is 95.0 Å². The molecule has 9 rings (SSSR count). The highest BCUT2D eigenvalue weighted by Crippen LogP contribution is 2.49. The number of alkyl halides is 3. The van der Waals surface area contributed by atoms with Gasteiger partial charge in [0.15, 0.2) is 6.04 Å². The van der Waals surface area contributed by atoms with E-state index in [4.69, 9.17) is 0 Å². The average molecular weight is 774 g/mol. The molecule has 0 N–H and O–H groups in total. The van der Waals surface area contributed by atoms with Crippen LogP contribution in [0.25, 0.3) is 38.5 Å². The van der Waals surface area contributed by atoms with Crippen LogP contribution in [0.3, 0.4) is 0 Å². The topological polar surface area (TPSA) is 14.4 Å². The average Bonchev–Trinajstić information content (AvgIpc) is 3.97. The van der Waals surface area contributed by atoms with E-state index >= 15 is 0 Å². The van der Waals surface area contributed by atoms with E-state index < -0.39 is 5.51 Å². The normalized spacial score (nSPS) is 19.2. The molecule has 1 aromatic heterocycles. The van der Waals surface area contributed by atoms with Crippen molar-refractivity contribution in [1.82, 2.24) is 4.57 Å². The molecule has 5 aromatic rings. The minimum absolute atomic E-state index is 0.0522. The summed E-state index contributed by atoms with van der Waals surface area (Å²) < 4.78 is 48.2. The molecule has 0 fully saturated rings. The molecule has 0 saturated heterocycles. The maximum absolute atomic E-state index is 14.4. The molecule has 8 heteroatoms. The molecular weight excluding hydrogens is 722 g/mol. The van der Waals surface area contributed by atoms with E-state index in [-0.39, 0.29) is 23.8 Å². The van der Waals surface area contributed by atoms with E-state index in [0.717, 1.165) is 84.8 Å². The summed E-state index contributed by atoms with van der Waals surface area (Å²) in [6.07, 6.45) is 15.5. The van der Waals surface area contributed by atoms with Crippen molar-refractivity contribution in [2.24, 2.45) is 0 Å². The summed E-state index contributed by atoms with van der Waals surface area (Å²) in [5, 5.41) is 7.29. The smallest absolute Gasteiger partial charge is 0.374 e. The monoisotopic (exact) mass is 773 g/mol. The van der Waals surface area contributed by atoms with Crippen molar-refractivity contribution < 1.29 is 17.7 Å². The molecule has 0 bridgehead atoms. The molecule has 3 aliphatic heterocycles. The lowest BCUT2D eigenvalue weighted by atomic mass is 9.98. The Morgan fingerprint density at radius 2 is 1.45 bits per heavy atom. The Kier molecular flexibility index (Phi) is 9.42. The lowest BCUT2D eigenvalue weighted by Crippen LogP contribution is -2.22. The number of likely N-dealkylation sites (N-methyl/N-ethyl adjacent to an activating group) is 2. The fourth-order valence-electron chi connectivity index (χ4n) is 10.4. The minimum atomic E-state index is -4.40. The molecule has 2 unspecified atom stereocenters. The van der Waals surface area contributed by atoms with Crippen molar-refractivity contribution >= 4 is 73.1 Å². The van der Waals surface area contributed by atoms with Crippen LogP contribution in [-0.2, 0) is 12.8 Å². The van der Waals surface area contributed by atoms with Crippen molar-refractivity contribution in [3.8, 4) is 0 Å². The van der Waals surface area contributed by atoms with E-state index in [9.17, 15) is 13.2 Å². The number of nitrogens with zero attached hydrogens (tertiary/aromatic N) is 4. The van der Waals surface area contributed by atoms with Gasteiger partial charge in [-0.25, -0.2) is 0 Å². The van der Waals surface area contributed by atoms with Gasteiger partial charge in [0.25, 0.3) is 0 Å². The molecule has 4 nitrogen and oxygen atoms in total. The molecule has 4 heterocycles. The number of thioether (sulfide) groups is 1. The highest BCUT2D eigenvalue weighted by Gasteiger charge is 2.38. The van der Waals surface area contributed by atoms with E-state index in [2.05, 4.69) is 121 Å². The molecular formula is C48H52F3N4S+. The van der Waals surface area contributed by atoms with Crippen molar-refractivity contribution in [3.05, 3.63) is 105 Å². The Balaban J connectivity index is 1.19. The summed E-state index contributed by atoms with van der Waals surface area (Å²) in [6, 6.07) is 18.4. The van der Waals surface area contributed by atoms with Gasteiger partial charge in [-0.15, -0.1) is 0 Å². The van der Waals surface area contributed by atoms with Gasteiger partial charge in [-0.05, 0) is 105 Å². The van der Waals surface area contributed by atoms with Crippen LogP contribution < -0.4 is 15.1 Å². The zero-order chi connectivity index (χ0) is 39.0. The van der Waals surface area contributed by atoms with Crippen molar-refractivity contribution in [2.75, 3.05) is 37.0 Å². The Bertz CT molecular complexity index is 2600. The lowest BCUT2D eigenvalue weighted by Gasteiger charge is -2.18. The quantitative estimate of drug-likeness (QED) is 0.131. The molecule has 290 valence electrons. The number of fused-ring (bicyclic) bond motifs is 4. The number of allylic oxidation sites excluding steroid dienone is 5. The Labute approximate surface area is 332 Å². The second-order valence-electron chi connectivity index (χ2n) is 16.5. The maximum atomic E-state index is 14.4. The first-order valence-electron chi connectivity index (χ1n) is 20.6. The SMILES string of the molecule is CCCC(C)n1/c(=C/C=C2\CCC(/C=C/C3=[N+](C(C)CCC)c4cc5c(c6cccc3c46)N(C)CC5)=C2SC(F)(F)F)c2cccc3c4c(cc1c32)CCN4C. The van der Waals surface area contributed by atoms with Crippen LogP contribution >= 0.6 is 11.8 Å². The molecule has 0 radical (unpaired) electrons. The number of benzene rings is 4. The van der Waals surface area contributed by atoms with Crippen LogP contribution in [0.4, 0.5) is 30.2 Å². The second-order valence-corrected chi connectivity index (χ2v) is 17.6. The molecule has 0 spiro atoms.